The van der Waals surface area contributed by atoms with Crippen molar-refractivity contribution in [2.24, 2.45) is 4.99 Å². The van der Waals surface area contributed by atoms with E-state index in [1.54, 1.807) is 0 Å². The lowest BCUT2D eigenvalue weighted by atomic mass is 10.2. The van der Waals surface area contributed by atoms with Crippen LogP contribution >= 0.6 is 24.0 Å². The predicted molar refractivity (Wildman–Crippen MR) is 141 cm³/mol. The van der Waals surface area contributed by atoms with Gasteiger partial charge in [-0.15, -0.1) is 24.0 Å². The van der Waals surface area contributed by atoms with E-state index in [9.17, 15) is 4.79 Å². The van der Waals surface area contributed by atoms with Crippen molar-refractivity contribution in [3.8, 4) is 0 Å². The van der Waals surface area contributed by atoms with Gasteiger partial charge in [-0.25, -0.2) is 4.99 Å². The zero-order valence-corrected chi connectivity index (χ0v) is 21.7. The van der Waals surface area contributed by atoms with E-state index in [2.05, 4.69) is 50.7 Å². The Labute approximate surface area is 208 Å². The van der Waals surface area contributed by atoms with Gasteiger partial charge in [-0.3, -0.25) is 9.48 Å². The Hall–Kier alpha value is -2.30. The molecule has 176 valence electrons. The largest absolute Gasteiger partial charge is 0.368 e. The first-order valence-electron chi connectivity index (χ1n) is 11.2. The summed E-state index contributed by atoms with van der Waals surface area (Å²) in [5, 5.41) is 11.0. The summed E-state index contributed by atoms with van der Waals surface area (Å²) in [5.41, 5.74) is 3.44. The molecule has 0 saturated carbocycles. The summed E-state index contributed by atoms with van der Waals surface area (Å²) >= 11 is 0. The number of aromatic nitrogens is 2. The number of aliphatic imine (C=N–C) groups is 1. The number of nitrogens with one attached hydrogen (secondary N) is 2. The molecule has 1 aliphatic rings. The van der Waals surface area contributed by atoms with E-state index < -0.39 is 0 Å². The van der Waals surface area contributed by atoms with Gasteiger partial charge in [0.2, 0.25) is 5.91 Å². The van der Waals surface area contributed by atoms with Crippen LogP contribution in [-0.4, -0.2) is 72.4 Å². The molecular weight excluding hydrogens is 517 g/mol. The minimum Gasteiger partial charge on any atom is -0.368 e. The molecule has 0 radical (unpaired) electrons. The number of hydrogen-bond donors (Lipinski definition) is 2. The molecule has 2 N–H and O–H groups in total. The monoisotopic (exact) mass is 553 g/mol. The Morgan fingerprint density at radius 2 is 1.81 bits per heavy atom. The topological polar surface area (TPSA) is 77.8 Å². The lowest BCUT2D eigenvalue weighted by Crippen LogP contribution is -2.49. The number of nitrogens with zero attached hydrogens (tertiary/aromatic N) is 5. The van der Waals surface area contributed by atoms with Gasteiger partial charge in [-0.05, 0) is 45.4 Å². The number of benzene rings is 1. The highest BCUT2D eigenvalue weighted by molar-refractivity contribution is 14.0. The van der Waals surface area contributed by atoms with Crippen molar-refractivity contribution in [1.82, 2.24) is 25.3 Å². The lowest BCUT2D eigenvalue weighted by molar-refractivity contribution is -0.129. The summed E-state index contributed by atoms with van der Waals surface area (Å²) in [6.45, 7) is 11.8. The average Bonchev–Trinajstić information content (AvgIpc) is 3.12. The molecule has 0 atom stereocenters. The van der Waals surface area contributed by atoms with Crippen LogP contribution in [0.4, 0.5) is 5.69 Å². The number of rotatable bonds is 8. The van der Waals surface area contributed by atoms with Crippen LogP contribution in [-0.2, 0) is 11.3 Å². The first-order valence-corrected chi connectivity index (χ1v) is 11.2. The minimum absolute atomic E-state index is 0. The first-order chi connectivity index (χ1) is 15.1. The van der Waals surface area contributed by atoms with Crippen LogP contribution in [0.3, 0.4) is 0 Å². The quantitative estimate of drug-likeness (QED) is 0.227. The van der Waals surface area contributed by atoms with Crippen molar-refractivity contribution in [2.45, 2.75) is 33.7 Å². The molecule has 0 unspecified atom stereocenters. The normalized spacial score (nSPS) is 14.2. The van der Waals surface area contributed by atoms with Crippen LogP contribution in [0, 0.1) is 13.8 Å². The fourth-order valence-corrected chi connectivity index (χ4v) is 3.78. The maximum Gasteiger partial charge on any atom is 0.244 e. The molecule has 8 nitrogen and oxygen atoms in total. The highest BCUT2D eigenvalue weighted by atomic mass is 127. The number of piperazine rings is 1. The van der Waals surface area contributed by atoms with E-state index in [0.717, 1.165) is 57.9 Å². The van der Waals surface area contributed by atoms with Crippen LogP contribution in [0.1, 0.15) is 24.7 Å². The second-order valence-electron chi connectivity index (χ2n) is 7.83. The molecule has 0 bridgehead atoms. The molecule has 1 fully saturated rings. The van der Waals surface area contributed by atoms with Gasteiger partial charge in [0.25, 0.3) is 0 Å². The number of carbonyl (C=O) groups is 1. The van der Waals surface area contributed by atoms with Crippen molar-refractivity contribution in [3.63, 3.8) is 0 Å². The van der Waals surface area contributed by atoms with E-state index in [0.29, 0.717) is 5.96 Å². The standard InChI is InChI=1S/C23H35N7O.HI/c1-4-24-23(25-11-8-12-30-20(3)17-19(2)27-30)26-18-22(31)29-15-13-28(14-16-29)21-9-6-5-7-10-21;/h5-7,9-10,17H,4,8,11-16,18H2,1-3H3,(H2,24,25,26);1H. The Morgan fingerprint density at radius 3 is 2.44 bits per heavy atom. The van der Waals surface area contributed by atoms with Gasteiger partial charge in [-0.1, -0.05) is 18.2 Å². The van der Waals surface area contributed by atoms with Gasteiger partial charge in [0.05, 0.1) is 5.69 Å². The molecule has 1 amide bonds. The van der Waals surface area contributed by atoms with Crippen LogP contribution in [0.5, 0.6) is 0 Å². The van der Waals surface area contributed by atoms with Gasteiger partial charge in [-0.2, -0.15) is 5.10 Å². The fraction of sp³-hybridized carbons (Fsp3) is 0.522. The third-order valence-corrected chi connectivity index (χ3v) is 5.41. The molecule has 0 spiro atoms. The smallest absolute Gasteiger partial charge is 0.244 e. The second-order valence-corrected chi connectivity index (χ2v) is 7.83. The third kappa shape index (κ3) is 7.68. The molecular formula is C23H36IN7O. The predicted octanol–water partition coefficient (Wildman–Crippen LogP) is 2.41. The molecule has 9 heteroatoms. The zero-order chi connectivity index (χ0) is 22.1. The van der Waals surface area contributed by atoms with Crippen molar-refractivity contribution < 1.29 is 4.79 Å². The number of guanidine groups is 1. The first kappa shape index (κ1) is 26.0. The molecule has 1 aliphatic heterocycles. The number of hydrogen-bond acceptors (Lipinski definition) is 4. The minimum atomic E-state index is 0. The molecule has 0 aliphatic carbocycles. The molecule has 1 aromatic carbocycles. The van der Waals surface area contributed by atoms with Crippen molar-refractivity contribution >= 4 is 41.5 Å². The summed E-state index contributed by atoms with van der Waals surface area (Å²) in [4.78, 5) is 21.4. The van der Waals surface area contributed by atoms with Crippen LogP contribution in [0.15, 0.2) is 41.4 Å². The van der Waals surface area contributed by atoms with Crippen LogP contribution < -0.4 is 15.5 Å². The van der Waals surface area contributed by atoms with Crippen molar-refractivity contribution in [2.75, 3.05) is 50.7 Å². The highest BCUT2D eigenvalue weighted by Crippen LogP contribution is 2.15. The summed E-state index contributed by atoms with van der Waals surface area (Å²) in [6, 6.07) is 12.4. The van der Waals surface area contributed by atoms with Gasteiger partial charge in [0, 0.05) is 57.2 Å². The molecule has 1 saturated heterocycles. The number of para-hydroxylation sites is 1. The fourth-order valence-electron chi connectivity index (χ4n) is 3.78. The van der Waals surface area contributed by atoms with E-state index in [-0.39, 0.29) is 36.4 Å². The third-order valence-electron chi connectivity index (χ3n) is 5.41. The summed E-state index contributed by atoms with van der Waals surface area (Å²) in [7, 11) is 0. The van der Waals surface area contributed by atoms with Crippen LogP contribution in [0.2, 0.25) is 0 Å². The molecule has 3 rings (SSSR count). The number of halogens is 1. The summed E-state index contributed by atoms with van der Waals surface area (Å²) < 4.78 is 2.03. The summed E-state index contributed by atoms with van der Waals surface area (Å²) in [5.74, 6) is 0.764. The summed E-state index contributed by atoms with van der Waals surface area (Å²) in [6.07, 6.45) is 0.932. The Balaban J connectivity index is 0.00000363. The van der Waals surface area contributed by atoms with E-state index in [4.69, 9.17) is 0 Å². The Bertz CT molecular complexity index is 860. The SMILES string of the molecule is CCNC(=NCC(=O)N1CCN(c2ccccc2)CC1)NCCCn1nc(C)cc1C.I. The maximum absolute atomic E-state index is 12.6. The number of carbonyl (C=O) groups excluding carboxylic acids is 1. The molecule has 32 heavy (non-hydrogen) atoms. The Kier molecular flexibility index (Phi) is 10.8. The number of amides is 1. The van der Waals surface area contributed by atoms with E-state index in [1.165, 1.54) is 11.4 Å². The van der Waals surface area contributed by atoms with Crippen molar-refractivity contribution in [3.05, 3.63) is 47.8 Å². The molecule has 1 aromatic heterocycles. The average molecular weight is 553 g/mol. The zero-order valence-electron chi connectivity index (χ0n) is 19.4. The van der Waals surface area contributed by atoms with E-state index >= 15 is 0 Å². The lowest BCUT2D eigenvalue weighted by Gasteiger charge is -2.36. The van der Waals surface area contributed by atoms with Gasteiger partial charge in [0.1, 0.15) is 6.54 Å². The Morgan fingerprint density at radius 1 is 1.09 bits per heavy atom. The van der Waals surface area contributed by atoms with Gasteiger partial charge < -0.3 is 20.4 Å². The van der Waals surface area contributed by atoms with Crippen molar-refractivity contribution in [1.29, 1.82) is 0 Å². The number of anilines is 1. The number of aryl methyl sites for hydroxylation is 3. The van der Waals surface area contributed by atoms with Gasteiger partial charge >= 0.3 is 0 Å². The maximum atomic E-state index is 12.6. The van der Waals surface area contributed by atoms with Crippen LogP contribution in [0.25, 0.3) is 0 Å². The highest BCUT2D eigenvalue weighted by Gasteiger charge is 2.21. The molecule has 2 heterocycles. The molecule has 2 aromatic rings. The second kappa shape index (κ2) is 13.3. The van der Waals surface area contributed by atoms with Gasteiger partial charge in [0.15, 0.2) is 5.96 Å². The van der Waals surface area contributed by atoms with E-state index in [1.807, 2.05) is 41.6 Å².